The monoisotopic (exact) mass is 436 g/mol. The molecule has 7 nitrogen and oxygen atoms in total. The van der Waals surface area contributed by atoms with Crippen LogP contribution < -0.4 is 10.2 Å². The molecule has 4 rings (SSSR count). The Morgan fingerprint density at radius 1 is 1.06 bits per heavy atom. The number of nitrogens with one attached hydrogen (secondary N) is 1. The van der Waals surface area contributed by atoms with E-state index < -0.39 is 29.9 Å². The van der Waals surface area contributed by atoms with Crippen LogP contribution in [0.4, 0.5) is 0 Å². The number of hydrogen-bond donors (Lipinski definition) is 1. The summed E-state index contributed by atoms with van der Waals surface area (Å²) in [4.78, 5) is 20.3. The van der Waals surface area contributed by atoms with Gasteiger partial charge in [-0.25, -0.2) is 9.78 Å². The average molecular weight is 436 g/mol. The number of fused-ring (bicyclic) bond motifs is 1. The molecule has 1 aliphatic rings. The minimum absolute atomic E-state index is 0.314. The molecule has 0 atom stereocenters. The fourth-order valence-corrected chi connectivity index (χ4v) is 3.35. The topological polar surface area (TPSA) is 82.7 Å². The van der Waals surface area contributed by atoms with Crippen LogP contribution >= 0.6 is 0 Å². The second-order valence-electron chi connectivity index (χ2n) is 10.0. The van der Waals surface area contributed by atoms with E-state index in [-0.39, 0.29) is 0 Å². The van der Waals surface area contributed by atoms with E-state index in [1.165, 1.54) is 0 Å². The van der Waals surface area contributed by atoms with Gasteiger partial charge in [-0.2, -0.15) is 0 Å². The quantitative estimate of drug-likeness (QED) is 0.475. The van der Waals surface area contributed by atoms with Crippen molar-refractivity contribution in [3.8, 4) is 11.5 Å². The molecule has 32 heavy (non-hydrogen) atoms. The number of nitrogens with zero attached hydrogens (tertiary/aromatic N) is 1. The van der Waals surface area contributed by atoms with Crippen LogP contribution in [0.3, 0.4) is 0 Å². The van der Waals surface area contributed by atoms with Crippen molar-refractivity contribution in [2.75, 3.05) is 0 Å². The van der Waals surface area contributed by atoms with E-state index >= 15 is 0 Å². The maximum Gasteiger partial charge on any atom is 0.494 e. The summed E-state index contributed by atoms with van der Waals surface area (Å²) in [6, 6.07) is 9.03. The summed E-state index contributed by atoms with van der Waals surface area (Å²) in [5.74, 6) is 0.389. The lowest BCUT2D eigenvalue weighted by Crippen LogP contribution is -2.41. The van der Waals surface area contributed by atoms with Gasteiger partial charge in [0, 0.05) is 11.6 Å². The molecule has 8 heteroatoms. The molecule has 168 valence electrons. The number of ether oxygens (including phenoxy) is 2. The molecule has 0 radical (unpaired) electrons. The summed E-state index contributed by atoms with van der Waals surface area (Å²) < 4.78 is 24.1. The van der Waals surface area contributed by atoms with Gasteiger partial charge in [-0.3, -0.25) is 0 Å². The molecule has 3 heterocycles. The van der Waals surface area contributed by atoms with Crippen molar-refractivity contribution < 1.29 is 23.6 Å². The van der Waals surface area contributed by atoms with Crippen LogP contribution in [0.5, 0.6) is 11.5 Å². The van der Waals surface area contributed by atoms with E-state index in [0.29, 0.717) is 17.1 Å². The lowest BCUT2D eigenvalue weighted by molar-refractivity contribution is 0.00578. The molecule has 1 N–H and O–H groups in total. The molecular weight excluding hydrogens is 407 g/mol. The van der Waals surface area contributed by atoms with Gasteiger partial charge in [0.05, 0.1) is 17.4 Å². The number of hydrogen-bond acceptors (Lipinski definition) is 6. The van der Waals surface area contributed by atoms with E-state index in [9.17, 15) is 4.79 Å². The second kappa shape index (κ2) is 7.64. The zero-order chi connectivity index (χ0) is 23.3. The number of H-pyrrole nitrogens is 1. The molecule has 3 aromatic rings. The largest absolute Gasteiger partial charge is 0.494 e. The van der Waals surface area contributed by atoms with Crippen LogP contribution in [0.15, 0.2) is 42.7 Å². The molecule has 0 aliphatic carbocycles. The van der Waals surface area contributed by atoms with Gasteiger partial charge in [0.2, 0.25) is 0 Å². The van der Waals surface area contributed by atoms with Gasteiger partial charge in [0.15, 0.2) is 0 Å². The lowest BCUT2D eigenvalue weighted by atomic mass is 9.78. The predicted molar refractivity (Wildman–Crippen MR) is 123 cm³/mol. The SMILES string of the molecule is CC(C)(C)OC(=O)c1ccc(B2OC(C)(C)C(C)(C)O2)cc1Oc1cnc2[nH]ccc2c1. The zero-order valence-electron chi connectivity index (χ0n) is 19.6. The normalized spacial score (nSPS) is 17.5. The summed E-state index contributed by atoms with van der Waals surface area (Å²) in [6.07, 6.45) is 3.42. The highest BCUT2D eigenvalue weighted by Crippen LogP contribution is 2.37. The van der Waals surface area contributed by atoms with E-state index in [0.717, 1.165) is 16.5 Å². The summed E-state index contributed by atoms with van der Waals surface area (Å²) in [5, 5.41) is 0.906. The van der Waals surface area contributed by atoms with Crippen LogP contribution in [0.25, 0.3) is 11.0 Å². The first kappa shape index (κ1) is 22.4. The summed E-state index contributed by atoms with van der Waals surface area (Å²) >= 11 is 0. The van der Waals surface area contributed by atoms with Crippen LogP contribution in [-0.4, -0.2) is 39.9 Å². The third-order valence-electron chi connectivity index (χ3n) is 5.75. The Morgan fingerprint density at radius 3 is 2.41 bits per heavy atom. The van der Waals surface area contributed by atoms with Gasteiger partial charge < -0.3 is 23.8 Å². The van der Waals surface area contributed by atoms with Gasteiger partial charge in [-0.1, -0.05) is 6.07 Å². The van der Waals surface area contributed by atoms with Gasteiger partial charge >= 0.3 is 13.1 Å². The predicted octanol–water partition coefficient (Wildman–Crippen LogP) is 4.61. The Bertz CT molecular complexity index is 1150. The maximum absolute atomic E-state index is 12.9. The minimum atomic E-state index is -0.635. The van der Waals surface area contributed by atoms with Crippen molar-refractivity contribution in [2.24, 2.45) is 0 Å². The number of rotatable bonds is 4. The number of aromatic amines is 1. The third kappa shape index (κ3) is 4.38. The Labute approximate surface area is 188 Å². The number of benzene rings is 1. The van der Waals surface area contributed by atoms with Crippen molar-refractivity contribution in [3.05, 3.63) is 48.3 Å². The maximum atomic E-state index is 12.9. The number of aromatic nitrogens is 2. The fraction of sp³-hybridized carbons (Fsp3) is 0.417. The fourth-order valence-electron chi connectivity index (χ4n) is 3.35. The zero-order valence-corrected chi connectivity index (χ0v) is 19.6. The lowest BCUT2D eigenvalue weighted by Gasteiger charge is -2.32. The Hall–Kier alpha value is -2.84. The van der Waals surface area contributed by atoms with Crippen molar-refractivity contribution in [1.29, 1.82) is 0 Å². The average Bonchev–Trinajstić information content (AvgIpc) is 3.21. The number of carbonyl (C=O) groups is 1. The first-order valence-electron chi connectivity index (χ1n) is 10.7. The minimum Gasteiger partial charge on any atom is -0.456 e. The van der Waals surface area contributed by atoms with E-state index in [4.69, 9.17) is 18.8 Å². The molecule has 1 aliphatic heterocycles. The molecule has 0 bridgehead atoms. The molecule has 2 aromatic heterocycles. The molecule has 0 spiro atoms. The standard InChI is InChI=1S/C24H29BN2O5/c1-22(2,3)30-21(28)18-9-8-16(25-31-23(4,5)24(6,7)32-25)13-19(18)29-17-12-15-10-11-26-20(15)27-14-17/h8-14H,1-7H3,(H,26,27). The van der Waals surface area contributed by atoms with Crippen molar-refractivity contribution in [1.82, 2.24) is 9.97 Å². The molecule has 1 aromatic carbocycles. The molecule has 0 amide bonds. The van der Waals surface area contributed by atoms with Crippen LogP contribution in [-0.2, 0) is 14.0 Å². The molecular formula is C24H29BN2O5. The molecule has 0 saturated carbocycles. The first-order valence-corrected chi connectivity index (χ1v) is 10.7. The van der Waals surface area contributed by atoms with Crippen LogP contribution in [0, 0.1) is 0 Å². The van der Waals surface area contributed by atoms with E-state index in [2.05, 4.69) is 9.97 Å². The van der Waals surface area contributed by atoms with Crippen molar-refractivity contribution in [2.45, 2.75) is 65.3 Å². The van der Waals surface area contributed by atoms with Gasteiger partial charge in [0.1, 0.15) is 28.3 Å². The highest BCUT2D eigenvalue weighted by Gasteiger charge is 2.51. The number of pyridine rings is 1. The third-order valence-corrected chi connectivity index (χ3v) is 5.75. The van der Waals surface area contributed by atoms with E-state index in [1.54, 1.807) is 18.3 Å². The van der Waals surface area contributed by atoms with Gasteiger partial charge in [-0.15, -0.1) is 0 Å². The molecule has 0 unspecified atom stereocenters. The summed E-state index contributed by atoms with van der Waals surface area (Å²) in [7, 11) is -0.583. The Balaban J connectivity index is 1.71. The smallest absolute Gasteiger partial charge is 0.456 e. The van der Waals surface area contributed by atoms with Crippen molar-refractivity contribution >= 4 is 29.6 Å². The van der Waals surface area contributed by atoms with Crippen molar-refractivity contribution in [3.63, 3.8) is 0 Å². The number of carbonyl (C=O) groups excluding carboxylic acids is 1. The van der Waals surface area contributed by atoms with E-state index in [1.807, 2.05) is 72.9 Å². The Morgan fingerprint density at radius 2 is 1.75 bits per heavy atom. The highest BCUT2D eigenvalue weighted by atomic mass is 16.7. The number of esters is 1. The van der Waals surface area contributed by atoms with Crippen LogP contribution in [0.1, 0.15) is 58.8 Å². The Kier molecular flexibility index (Phi) is 5.34. The summed E-state index contributed by atoms with van der Waals surface area (Å²) in [5.41, 5.74) is 0.230. The highest BCUT2D eigenvalue weighted by molar-refractivity contribution is 6.62. The molecule has 1 fully saturated rings. The van der Waals surface area contributed by atoms with Crippen LogP contribution in [0.2, 0.25) is 0 Å². The first-order chi connectivity index (χ1) is 14.8. The van der Waals surface area contributed by atoms with Gasteiger partial charge in [0.25, 0.3) is 0 Å². The van der Waals surface area contributed by atoms with Gasteiger partial charge in [-0.05, 0) is 78.2 Å². The molecule has 1 saturated heterocycles. The summed E-state index contributed by atoms with van der Waals surface area (Å²) in [6.45, 7) is 13.5. The second-order valence-corrected chi connectivity index (χ2v) is 10.0.